The van der Waals surface area contributed by atoms with E-state index in [-0.39, 0.29) is 42.3 Å². The van der Waals surface area contributed by atoms with E-state index in [1.165, 1.54) is 4.31 Å². The van der Waals surface area contributed by atoms with Crippen LogP contribution in [0.2, 0.25) is 0 Å². The molecule has 0 amide bonds. The Kier molecular flexibility index (Phi) is 6.13. The van der Waals surface area contributed by atoms with Gasteiger partial charge in [-0.25, -0.2) is 17.2 Å². The van der Waals surface area contributed by atoms with E-state index in [2.05, 4.69) is 0 Å². The summed E-state index contributed by atoms with van der Waals surface area (Å²) < 4.78 is 62.9. The smallest absolute Gasteiger partial charge is 0.317 e. The summed E-state index contributed by atoms with van der Waals surface area (Å²) in [6, 6.07) is 10.3. The molecule has 33 heavy (non-hydrogen) atoms. The normalized spacial score (nSPS) is 24.2. The Morgan fingerprint density at radius 3 is 2.39 bits per heavy atom. The first kappa shape index (κ1) is 23.5. The number of Topliss-reactive ketones (excluding diaryl/α,β-unsaturated/α-hetero) is 1. The summed E-state index contributed by atoms with van der Waals surface area (Å²) in [7, 11) is -2.70. The van der Waals surface area contributed by atoms with E-state index in [0.29, 0.717) is 18.4 Å². The van der Waals surface area contributed by atoms with Crippen molar-refractivity contribution in [2.24, 2.45) is 0 Å². The second-order valence-corrected chi connectivity index (χ2v) is 10.9. The van der Waals surface area contributed by atoms with Gasteiger partial charge in [-0.2, -0.15) is 4.31 Å². The number of carbonyl (C=O) groups excluding carboxylic acids is 2. The number of esters is 1. The molecule has 0 radical (unpaired) electrons. The minimum atomic E-state index is -3.83. The molecule has 0 spiro atoms. The average molecular weight is 478 g/mol. The number of ketones is 1. The molecule has 0 N–H and O–H groups in total. The monoisotopic (exact) mass is 477 g/mol. The number of nitrogens with zero attached hydrogens (tertiary/aromatic N) is 1. The quantitative estimate of drug-likeness (QED) is 0.612. The van der Waals surface area contributed by atoms with E-state index in [9.17, 15) is 18.0 Å². The molecule has 0 aromatic heterocycles. The van der Waals surface area contributed by atoms with Crippen molar-refractivity contribution in [2.75, 3.05) is 7.11 Å². The fourth-order valence-electron chi connectivity index (χ4n) is 4.86. The molecular weight excluding hydrogens is 452 g/mol. The van der Waals surface area contributed by atoms with Crippen molar-refractivity contribution in [2.45, 2.75) is 55.9 Å². The minimum absolute atomic E-state index is 0.133. The lowest BCUT2D eigenvalue weighted by atomic mass is 9.63. The van der Waals surface area contributed by atoms with Gasteiger partial charge in [-0.05, 0) is 37.5 Å². The standard InChI is InChI=1S/C24H25F2NO5S/c1-15-8-9-22(16-6-4-3-5-7-16)33(30,31)27(15)14-17-10-21(26)19(11-20(17)25)24(23(29)32-2)12-18(28)13-24/h3-7,10-11,15,22H,8-9,12-14H2,1-2H3/t15-,22+/m0/s1. The zero-order valence-corrected chi connectivity index (χ0v) is 19.2. The summed E-state index contributed by atoms with van der Waals surface area (Å²) in [5.74, 6) is -2.75. The second-order valence-electron chi connectivity index (χ2n) is 8.81. The largest absolute Gasteiger partial charge is 0.468 e. The second kappa shape index (κ2) is 8.61. The Labute approximate surface area is 191 Å². The van der Waals surface area contributed by atoms with Gasteiger partial charge in [0.05, 0.1) is 7.11 Å². The highest BCUT2D eigenvalue weighted by atomic mass is 32.2. The van der Waals surface area contributed by atoms with Crippen molar-refractivity contribution in [3.05, 3.63) is 70.8 Å². The third-order valence-electron chi connectivity index (χ3n) is 6.75. The summed E-state index contributed by atoms with van der Waals surface area (Å²) in [5, 5.41) is -0.759. The van der Waals surface area contributed by atoms with Crippen LogP contribution < -0.4 is 0 Å². The first-order valence-corrected chi connectivity index (χ1v) is 12.2. The minimum Gasteiger partial charge on any atom is -0.468 e. The number of ether oxygens (including phenoxy) is 1. The molecule has 0 unspecified atom stereocenters. The maximum Gasteiger partial charge on any atom is 0.317 e. The number of benzene rings is 2. The van der Waals surface area contributed by atoms with Crippen LogP contribution in [0.1, 0.15) is 54.5 Å². The van der Waals surface area contributed by atoms with Crippen molar-refractivity contribution in [3.8, 4) is 0 Å². The molecule has 0 bridgehead atoms. The topological polar surface area (TPSA) is 80.8 Å². The molecule has 9 heteroatoms. The summed E-state index contributed by atoms with van der Waals surface area (Å²) in [5.41, 5.74) is -1.26. The molecule has 4 rings (SSSR count). The van der Waals surface area contributed by atoms with Crippen LogP contribution in [0.15, 0.2) is 42.5 Å². The van der Waals surface area contributed by atoms with Gasteiger partial charge in [0.15, 0.2) is 0 Å². The molecule has 2 aliphatic rings. The highest BCUT2D eigenvalue weighted by Crippen LogP contribution is 2.44. The fraction of sp³-hybridized carbons (Fsp3) is 0.417. The van der Waals surface area contributed by atoms with Gasteiger partial charge in [0, 0.05) is 36.6 Å². The van der Waals surface area contributed by atoms with Gasteiger partial charge >= 0.3 is 5.97 Å². The lowest BCUT2D eigenvalue weighted by Crippen LogP contribution is -2.49. The summed E-state index contributed by atoms with van der Waals surface area (Å²) in [6.07, 6.45) is 0.501. The molecule has 6 nitrogen and oxygen atoms in total. The molecule has 2 fully saturated rings. The molecule has 1 aliphatic carbocycles. The molecule has 2 aromatic carbocycles. The summed E-state index contributed by atoms with van der Waals surface area (Å²) >= 11 is 0. The predicted octanol–water partition coefficient (Wildman–Crippen LogP) is 3.79. The van der Waals surface area contributed by atoms with E-state index in [4.69, 9.17) is 4.74 Å². The maximum atomic E-state index is 15.1. The Hall–Kier alpha value is -2.65. The Morgan fingerprint density at radius 2 is 1.79 bits per heavy atom. The Balaban J connectivity index is 1.67. The van der Waals surface area contributed by atoms with E-state index < -0.39 is 38.3 Å². The van der Waals surface area contributed by atoms with E-state index >= 15 is 8.78 Å². The average Bonchev–Trinajstić information content (AvgIpc) is 2.76. The van der Waals surface area contributed by atoms with Crippen LogP contribution in [0.3, 0.4) is 0 Å². The highest BCUT2D eigenvalue weighted by Gasteiger charge is 2.54. The van der Waals surface area contributed by atoms with Crippen molar-refractivity contribution in [3.63, 3.8) is 0 Å². The molecule has 1 saturated heterocycles. The lowest BCUT2D eigenvalue weighted by Gasteiger charge is -2.39. The lowest BCUT2D eigenvalue weighted by molar-refractivity contribution is -0.156. The number of hydrogen-bond donors (Lipinski definition) is 0. The first-order valence-electron chi connectivity index (χ1n) is 10.7. The van der Waals surface area contributed by atoms with E-state index in [0.717, 1.165) is 19.2 Å². The summed E-state index contributed by atoms with van der Waals surface area (Å²) in [6.45, 7) is 1.41. The van der Waals surface area contributed by atoms with Crippen LogP contribution in [0.4, 0.5) is 8.78 Å². The van der Waals surface area contributed by atoms with Crippen LogP contribution in [0, 0.1) is 11.6 Å². The summed E-state index contributed by atoms with van der Waals surface area (Å²) in [4.78, 5) is 23.9. The number of sulfonamides is 1. The molecule has 2 aromatic rings. The third kappa shape index (κ3) is 3.97. The van der Waals surface area contributed by atoms with Gasteiger partial charge in [-0.3, -0.25) is 9.59 Å². The van der Waals surface area contributed by atoms with Gasteiger partial charge in [-0.1, -0.05) is 30.3 Å². The molecule has 176 valence electrons. The molecule has 1 aliphatic heterocycles. The van der Waals surface area contributed by atoms with E-state index in [1.54, 1.807) is 37.3 Å². The van der Waals surface area contributed by atoms with Crippen LogP contribution in [-0.4, -0.2) is 37.6 Å². The third-order valence-corrected chi connectivity index (χ3v) is 9.12. The number of carbonyl (C=O) groups is 2. The van der Waals surface area contributed by atoms with Gasteiger partial charge in [0.2, 0.25) is 10.0 Å². The van der Waals surface area contributed by atoms with Gasteiger partial charge in [0.25, 0.3) is 0 Å². The number of methoxy groups -OCH3 is 1. The number of rotatable bonds is 5. The molecular formula is C24H25F2NO5S. The fourth-order valence-corrected chi connectivity index (χ4v) is 7.05. The Morgan fingerprint density at radius 1 is 1.12 bits per heavy atom. The number of hydrogen-bond acceptors (Lipinski definition) is 5. The van der Waals surface area contributed by atoms with E-state index in [1.807, 2.05) is 0 Å². The van der Waals surface area contributed by atoms with Gasteiger partial charge < -0.3 is 4.74 Å². The maximum absolute atomic E-state index is 15.1. The van der Waals surface area contributed by atoms with Crippen LogP contribution in [-0.2, 0) is 36.3 Å². The van der Waals surface area contributed by atoms with Crippen LogP contribution in [0.25, 0.3) is 0 Å². The molecule has 1 saturated carbocycles. The molecule has 1 heterocycles. The molecule has 2 atom stereocenters. The van der Waals surface area contributed by atoms with Crippen LogP contribution in [0.5, 0.6) is 0 Å². The highest BCUT2D eigenvalue weighted by molar-refractivity contribution is 7.89. The van der Waals surface area contributed by atoms with Crippen molar-refractivity contribution >= 4 is 21.8 Å². The van der Waals surface area contributed by atoms with Crippen molar-refractivity contribution in [1.82, 2.24) is 4.31 Å². The van der Waals surface area contributed by atoms with Crippen molar-refractivity contribution in [1.29, 1.82) is 0 Å². The predicted molar refractivity (Wildman–Crippen MR) is 117 cm³/mol. The van der Waals surface area contributed by atoms with Gasteiger partial charge in [0.1, 0.15) is 28.1 Å². The number of halogens is 2. The first-order chi connectivity index (χ1) is 15.6. The van der Waals surface area contributed by atoms with Gasteiger partial charge in [-0.15, -0.1) is 0 Å². The zero-order chi connectivity index (χ0) is 24.0. The van der Waals surface area contributed by atoms with Crippen LogP contribution >= 0.6 is 0 Å². The van der Waals surface area contributed by atoms with Crippen molar-refractivity contribution < 1.29 is 31.5 Å². The zero-order valence-electron chi connectivity index (χ0n) is 18.4. The SMILES string of the molecule is COC(=O)C1(c2cc(F)c(CN3[C@@H](C)CC[C@H](c4ccccc4)S3(=O)=O)cc2F)CC(=O)C1. The Bertz CT molecular complexity index is 1190.